The lowest BCUT2D eigenvalue weighted by molar-refractivity contribution is -0.403. The third kappa shape index (κ3) is 9.85. The summed E-state index contributed by atoms with van der Waals surface area (Å²) in [5, 5.41) is 143. The van der Waals surface area contributed by atoms with Crippen molar-refractivity contribution >= 4 is 0 Å². The molecule has 8 fully saturated rings. The van der Waals surface area contributed by atoms with Gasteiger partial charge < -0.3 is 109 Å². The first-order valence-electron chi connectivity index (χ1n) is 28.2. The highest BCUT2D eigenvalue weighted by Gasteiger charge is 2.71. The molecule has 0 radical (unpaired) electrons. The molecule has 0 aromatic heterocycles. The lowest BCUT2D eigenvalue weighted by Gasteiger charge is -2.72. The summed E-state index contributed by atoms with van der Waals surface area (Å²) >= 11 is 0. The van der Waals surface area contributed by atoms with Crippen molar-refractivity contribution < 1.29 is 109 Å². The van der Waals surface area contributed by atoms with Gasteiger partial charge in [0.05, 0.1) is 44.2 Å². The van der Waals surface area contributed by atoms with Crippen LogP contribution in [0.2, 0.25) is 0 Å². The largest absolute Gasteiger partial charge is 0.396 e. The van der Waals surface area contributed by atoms with Crippen LogP contribution in [0.1, 0.15) is 113 Å². The molecular weight excluding hydrogens is 1010 g/mol. The van der Waals surface area contributed by atoms with Crippen molar-refractivity contribution in [3.05, 3.63) is 11.6 Å². The molecule has 22 heteroatoms. The number of aliphatic hydroxyl groups excluding tert-OH is 13. The van der Waals surface area contributed by atoms with Gasteiger partial charge in [0.2, 0.25) is 0 Å². The Morgan fingerprint density at radius 1 is 0.532 bits per heavy atom. The molecule has 9 rings (SSSR count). The zero-order valence-electron chi connectivity index (χ0n) is 46.2. The number of aliphatic hydroxyl groups is 13. The van der Waals surface area contributed by atoms with Crippen molar-refractivity contribution in [3.8, 4) is 0 Å². The number of hydrogen-bond donors (Lipinski definition) is 13. The molecule has 13 N–H and O–H groups in total. The van der Waals surface area contributed by atoms with Crippen LogP contribution < -0.4 is 0 Å². The van der Waals surface area contributed by atoms with E-state index in [1.165, 1.54) is 19.4 Å². The first-order chi connectivity index (χ1) is 36.1. The molecule has 0 unspecified atom stereocenters. The van der Waals surface area contributed by atoms with Gasteiger partial charge in [0.25, 0.3) is 0 Å². The summed E-state index contributed by atoms with van der Waals surface area (Å²) in [6.45, 7) is 15.0. The lowest BCUT2D eigenvalue weighted by atomic mass is 9.33. The maximum atomic E-state index is 12.0. The van der Waals surface area contributed by atoms with Gasteiger partial charge in [0.15, 0.2) is 25.2 Å². The van der Waals surface area contributed by atoms with Crippen LogP contribution in [0.25, 0.3) is 0 Å². The normalized spacial score (nSPS) is 55.8. The van der Waals surface area contributed by atoms with Crippen LogP contribution in [-0.4, -0.2) is 235 Å². The molecule has 5 aliphatic carbocycles. The highest BCUT2D eigenvalue weighted by atomic mass is 16.8. The summed E-state index contributed by atoms with van der Waals surface area (Å²) in [6.07, 6.45) is -24.1. The molecule has 77 heavy (non-hydrogen) atoms. The summed E-state index contributed by atoms with van der Waals surface area (Å²) < 4.78 is 56.0. The van der Waals surface area contributed by atoms with Crippen molar-refractivity contribution in [1.82, 2.24) is 0 Å². The van der Waals surface area contributed by atoms with E-state index in [0.717, 1.165) is 44.9 Å². The van der Waals surface area contributed by atoms with Crippen molar-refractivity contribution in [1.29, 1.82) is 0 Å². The van der Waals surface area contributed by atoms with Crippen LogP contribution in [-0.2, 0) is 42.6 Å². The van der Waals surface area contributed by atoms with Crippen LogP contribution >= 0.6 is 0 Å². The average molecular weight is 1110 g/mol. The van der Waals surface area contributed by atoms with Gasteiger partial charge >= 0.3 is 0 Å². The van der Waals surface area contributed by atoms with Gasteiger partial charge in [-0.1, -0.05) is 53.2 Å². The fourth-order valence-corrected chi connectivity index (χ4v) is 16.8. The lowest BCUT2D eigenvalue weighted by Crippen LogP contribution is -2.69. The van der Waals surface area contributed by atoms with Crippen molar-refractivity contribution in [2.75, 3.05) is 33.5 Å². The number of fused-ring (bicyclic) bond motifs is 7. The van der Waals surface area contributed by atoms with E-state index >= 15 is 0 Å². The minimum atomic E-state index is -2.01. The van der Waals surface area contributed by atoms with Crippen LogP contribution in [0.5, 0.6) is 0 Å². The predicted molar refractivity (Wildman–Crippen MR) is 267 cm³/mol. The molecule has 30 atom stereocenters. The van der Waals surface area contributed by atoms with Crippen molar-refractivity contribution in [2.45, 2.75) is 248 Å². The summed E-state index contributed by atoms with van der Waals surface area (Å²) in [5.74, 6) is 0.102. The number of methoxy groups -OCH3 is 1. The highest BCUT2D eigenvalue weighted by molar-refractivity contribution is 5.36. The SMILES string of the molecule is CO[C@@H]1C=C2[C@H]3CC(C)(C)CC[C@]3(CO)CC[C@@]2(C)[C@]2(C)CC[C@H]3[C@](C)(CO)[C@@H](O[C@@H]4O[C@H](C)[C@H](O)[C@H](O[C@@H]5O[C@H](CO)[C@@H](O[C@@H]6O[C@@H](C)[C@H](O)[C@@H](O)[C@H]6O)[C@H](O)[C@H]5O)[C@H]4O[C@@H]4O[C@H](CO)[C@@H](O)[C@H](O)[C@H]4O)CC[C@]3(C)[C@@H]12. The van der Waals surface area contributed by atoms with Gasteiger partial charge in [-0.3, -0.25) is 0 Å². The molecule has 22 nitrogen and oxygen atoms in total. The predicted octanol–water partition coefficient (Wildman–Crippen LogP) is -0.909. The molecular formula is C55H92O22. The maximum absolute atomic E-state index is 12.0. The zero-order valence-corrected chi connectivity index (χ0v) is 46.2. The Hall–Kier alpha value is -1.14. The fourth-order valence-electron chi connectivity index (χ4n) is 16.8. The minimum absolute atomic E-state index is 0.0204. The standard InChI is InChI=1S/C55H92O22/c1-24-33(60)36(63)39(66)46(70-24)75-42-30(21-57)73-48(41(68)38(42)65)76-43-34(61)25(2)71-49(44(43)77-47-40(67)37(64)35(62)29(20-56)72-47)74-32-11-12-51(5)31(52(32,6)22-58)10-13-54(8)45(51)28(69-9)18-26-27-19-50(3,4)14-16-55(27,23-59)17-15-53(26,54)7/h18,24-25,27-49,56-68H,10-17,19-23H2,1-9H3/t24-,25+,27+,28+,29+,30+,31+,32-,33-,34-,35+,36+,37-,38+,39+,40+,41+,42+,43-,44+,45+,46-,47-,48-,49-,51-,52-,53+,54+,55+/m0/s1. The molecule has 0 aromatic carbocycles. The Morgan fingerprint density at radius 3 is 1.71 bits per heavy atom. The molecule has 0 amide bonds. The van der Waals surface area contributed by atoms with E-state index in [2.05, 4.69) is 40.7 Å². The van der Waals surface area contributed by atoms with E-state index in [1.54, 1.807) is 7.11 Å². The second-order valence-corrected chi connectivity index (χ2v) is 26.5. The Morgan fingerprint density at radius 2 is 1.09 bits per heavy atom. The molecule has 4 aliphatic heterocycles. The Balaban J connectivity index is 1.01. The van der Waals surface area contributed by atoms with Crippen LogP contribution in [0.4, 0.5) is 0 Å². The second-order valence-electron chi connectivity index (χ2n) is 26.5. The first-order valence-corrected chi connectivity index (χ1v) is 28.2. The highest BCUT2D eigenvalue weighted by Crippen LogP contribution is 2.76. The van der Waals surface area contributed by atoms with Gasteiger partial charge in [-0.15, -0.1) is 0 Å². The number of rotatable bonds is 13. The zero-order chi connectivity index (χ0) is 56.3. The van der Waals surface area contributed by atoms with E-state index in [-0.39, 0.29) is 58.7 Å². The second kappa shape index (κ2) is 22.1. The van der Waals surface area contributed by atoms with Gasteiger partial charge in [0.1, 0.15) is 85.5 Å². The van der Waals surface area contributed by atoms with Gasteiger partial charge in [0, 0.05) is 30.5 Å². The van der Waals surface area contributed by atoms with Gasteiger partial charge in [-0.2, -0.15) is 0 Å². The third-order valence-electron chi connectivity index (χ3n) is 21.8. The van der Waals surface area contributed by atoms with Gasteiger partial charge in [-0.25, -0.2) is 0 Å². The molecule has 4 saturated carbocycles. The molecule has 0 aromatic rings. The summed E-state index contributed by atoms with van der Waals surface area (Å²) in [4.78, 5) is 0. The summed E-state index contributed by atoms with van der Waals surface area (Å²) in [6, 6.07) is 0. The van der Waals surface area contributed by atoms with E-state index in [0.29, 0.717) is 12.8 Å². The summed E-state index contributed by atoms with van der Waals surface area (Å²) in [7, 11) is 1.78. The summed E-state index contributed by atoms with van der Waals surface area (Å²) in [5.41, 5.74) is -0.390. The van der Waals surface area contributed by atoms with E-state index in [4.69, 9.17) is 42.6 Å². The van der Waals surface area contributed by atoms with E-state index in [9.17, 15) is 66.4 Å². The van der Waals surface area contributed by atoms with Crippen LogP contribution in [0.15, 0.2) is 11.6 Å². The maximum Gasteiger partial charge on any atom is 0.187 e. The number of hydrogen-bond acceptors (Lipinski definition) is 22. The molecule has 0 spiro atoms. The fraction of sp³-hybridized carbons (Fsp3) is 0.964. The number of allylic oxidation sites excluding steroid dienone is 1. The van der Waals surface area contributed by atoms with Crippen LogP contribution in [0.3, 0.4) is 0 Å². The first kappa shape index (κ1) is 60.5. The number of ether oxygens (including phenoxy) is 9. The van der Waals surface area contributed by atoms with E-state index < -0.39 is 153 Å². The smallest absolute Gasteiger partial charge is 0.187 e. The quantitative estimate of drug-likeness (QED) is 0.0784. The monoisotopic (exact) mass is 1100 g/mol. The minimum Gasteiger partial charge on any atom is -0.396 e. The van der Waals surface area contributed by atoms with Crippen LogP contribution in [0, 0.1) is 50.2 Å². The van der Waals surface area contributed by atoms with Gasteiger partial charge in [-0.05, 0) is 105 Å². The molecule has 4 saturated heterocycles. The Bertz CT molecular complexity index is 2070. The molecule has 4 heterocycles. The average Bonchev–Trinajstić information content (AvgIpc) is 3.41. The third-order valence-corrected chi connectivity index (χ3v) is 21.8. The van der Waals surface area contributed by atoms with E-state index in [1.807, 2.05) is 6.92 Å². The Labute approximate surface area is 451 Å². The molecule has 444 valence electrons. The molecule has 9 aliphatic rings. The van der Waals surface area contributed by atoms with Crippen molar-refractivity contribution in [3.63, 3.8) is 0 Å². The molecule has 0 bridgehead atoms. The topological polar surface area (TPSA) is 346 Å². The van der Waals surface area contributed by atoms with Crippen molar-refractivity contribution in [2.24, 2.45) is 50.2 Å². The Kier molecular flexibility index (Phi) is 17.4.